The van der Waals surface area contributed by atoms with Crippen molar-refractivity contribution in [3.05, 3.63) is 12.2 Å². The van der Waals surface area contributed by atoms with Crippen LogP contribution in [0.3, 0.4) is 0 Å². The van der Waals surface area contributed by atoms with E-state index in [0.29, 0.717) is 69.9 Å². The normalized spacial score (nSPS) is 10.4. The molecule has 0 bridgehead atoms. The van der Waals surface area contributed by atoms with E-state index in [0.717, 1.165) is 0 Å². The van der Waals surface area contributed by atoms with Crippen molar-refractivity contribution in [2.45, 2.75) is 13.8 Å². The lowest BCUT2D eigenvalue weighted by atomic mass is 10.4. The minimum Gasteiger partial charge on any atom is -0.463 e. The lowest BCUT2D eigenvalue weighted by Gasteiger charge is -2.08. The Labute approximate surface area is 159 Å². The molecule has 0 spiro atoms. The molecule has 0 aliphatic rings. The zero-order valence-electron chi connectivity index (χ0n) is 15.8. The molecule has 0 unspecified atom stereocenters. The highest BCUT2D eigenvalue weighted by Crippen LogP contribution is 2.07. The van der Waals surface area contributed by atoms with E-state index in [4.69, 9.17) is 23.7 Å². The average Bonchev–Trinajstić information content (AvgIpc) is 2.63. The smallest absolute Gasteiger partial charge is 0.407 e. The number of thioether (sulfide) groups is 1. The summed E-state index contributed by atoms with van der Waals surface area (Å²) >= 11 is 1.45. The molecule has 8 nitrogen and oxygen atoms in total. The van der Waals surface area contributed by atoms with Crippen molar-refractivity contribution >= 4 is 23.8 Å². The number of alkyl carbamates (subject to hydrolysis) is 1. The van der Waals surface area contributed by atoms with Crippen LogP contribution in [0.5, 0.6) is 0 Å². The molecule has 0 atom stereocenters. The first kappa shape index (κ1) is 24.7. The molecule has 0 aromatic rings. The van der Waals surface area contributed by atoms with Crippen LogP contribution >= 0.6 is 11.8 Å². The molecule has 0 aromatic heterocycles. The van der Waals surface area contributed by atoms with Crippen LogP contribution in [0.2, 0.25) is 0 Å². The van der Waals surface area contributed by atoms with E-state index >= 15 is 0 Å². The van der Waals surface area contributed by atoms with Crippen molar-refractivity contribution in [3.63, 3.8) is 0 Å². The molecule has 0 radical (unpaired) electrons. The molecule has 0 aromatic carbocycles. The third-order valence-electron chi connectivity index (χ3n) is 2.77. The first-order chi connectivity index (χ1) is 12.6. The minimum absolute atomic E-state index is 0.251. The summed E-state index contributed by atoms with van der Waals surface area (Å²) < 4.78 is 25.6. The molecule has 0 aliphatic carbocycles. The molecule has 0 aliphatic heterocycles. The fourth-order valence-corrected chi connectivity index (χ4v) is 2.25. The second-order valence-corrected chi connectivity index (χ2v) is 5.97. The average molecular weight is 394 g/mol. The number of ether oxygens (including phenoxy) is 5. The predicted molar refractivity (Wildman–Crippen MR) is 101 cm³/mol. The van der Waals surface area contributed by atoms with Gasteiger partial charge in [0.2, 0.25) is 0 Å². The number of carbonyl (C=O) groups excluding carboxylic acids is 2. The summed E-state index contributed by atoms with van der Waals surface area (Å²) in [5.41, 5.74) is 0.403. The van der Waals surface area contributed by atoms with E-state index < -0.39 is 12.1 Å². The SMILES string of the molecule is C=C(CSCCOC(=O)NCCOCCOCCOCC)C(=O)OCC. The molecule has 0 fully saturated rings. The molecule has 26 heavy (non-hydrogen) atoms. The zero-order valence-corrected chi connectivity index (χ0v) is 16.6. The molecule has 0 heterocycles. The van der Waals surface area contributed by atoms with Crippen LogP contribution in [0.15, 0.2) is 12.2 Å². The van der Waals surface area contributed by atoms with Crippen LogP contribution in [-0.2, 0) is 28.5 Å². The summed E-state index contributed by atoms with van der Waals surface area (Å²) in [5.74, 6) is 0.629. The maximum absolute atomic E-state index is 11.4. The van der Waals surface area contributed by atoms with Crippen LogP contribution in [-0.4, -0.2) is 83.0 Å². The molecular weight excluding hydrogens is 362 g/mol. The lowest BCUT2D eigenvalue weighted by Crippen LogP contribution is -2.29. The van der Waals surface area contributed by atoms with Crippen LogP contribution in [0.1, 0.15) is 13.8 Å². The number of nitrogens with one attached hydrogen (secondary N) is 1. The van der Waals surface area contributed by atoms with E-state index in [1.807, 2.05) is 6.92 Å². The number of carbonyl (C=O) groups is 2. The summed E-state index contributed by atoms with van der Waals surface area (Å²) in [6.07, 6.45) is -0.494. The zero-order chi connectivity index (χ0) is 19.5. The van der Waals surface area contributed by atoms with Gasteiger partial charge in [0.15, 0.2) is 0 Å². The summed E-state index contributed by atoms with van der Waals surface area (Å²) in [5, 5.41) is 2.59. The number of hydrogen-bond donors (Lipinski definition) is 1. The highest BCUT2D eigenvalue weighted by atomic mass is 32.2. The largest absolute Gasteiger partial charge is 0.463 e. The molecule has 9 heteroatoms. The predicted octanol–water partition coefficient (Wildman–Crippen LogP) is 1.63. The number of rotatable bonds is 17. The highest BCUT2D eigenvalue weighted by molar-refractivity contribution is 7.99. The maximum Gasteiger partial charge on any atom is 0.407 e. The Morgan fingerprint density at radius 3 is 2.19 bits per heavy atom. The van der Waals surface area contributed by atoms with E-state index in [-0.39, 0.29) is 6.61 Å². The van der Waals surface area contributed by atoms with Gasteiger partial charge in [0, 0.05) is 30.2 Å². The third-order valence-corrected chi connectivity index (χ3v) is 3.77. The van der Waals surface area contributed by atoms with Gasteiger partial charge in [0.25, 0.3) is 0 Å². The van der Waals surface area contributed by atoms with E-state index in [1.165, 1.54) is 11.8 Å². The van der Waals surface area contributed by atoms with Gasteiger partial charge in [0.05, 0.1) is 39.6 Å². The van der Waals surface area contributed by atoms with Gasteiger partial charge in [-0.3, -0.25) is 0 Å². The van der Waals surface area contributed by atoms with Gasteiger partial charge in [-0.2, -0.15) is 11.8 Å². The molecule has 0 saturated carbocycles. The quantitative estimate of drug-likeness (QED) is 0.226. The van der Waals surface area contributed by atoms with Gasteiger partial charge >= 0.3 is 12.1 Å². The van der Waals surface area contributed by atoms with Crippen molar-refractivity contribution in [2.75, 3.05) is 70.9 Å². The summed E-state index contributed by atoms with van der Waals surface area (Å²) in [6.45, 7) is 11.4. The molecule has 0 saturated heterocycles. The van der Waals surface area contributed by atoms with E-state index in [2.05, 4.69) is 11.9 Å². The Kier molecular flexibility index (Phi) is 17.6. The second-order valence-electron chi connectivity index (χ2n) is 4.86. The highest BCUT2D eigenvalue weighted by Gasteiger charge is 2.07. The fraction of sp³-hybridized carbons (Fsp3) is 0.765. The number of esters is 1. The Morgan fingerprint density at radius 1 is 0.885 bits per heavy atom. The van der Waals surface area contributed by atoms with E-state index in [9.17, 15) is 9.59 Å². The summed E-state index contributed by atoms with van der Waals surface area (Å²) in [7, 11) is 0. The summed E-state index contributed by atoms with van der Waals surface area (Å²) in [4.78, 5) is 22.8. The standard InChI is InChI=1S/C17H31NO7S/c1-4-21-8-9-23-11-10-22-7-6-18-17(20)25-12-13-26-14-15(3)16(19)24-5-2/h3-14H2,1-2H3,(H,18,20). The van der Waals surface area contributed by atoms with Gasteiger partial charge in [-0.1, -0.05) is 6.58 Å². The second kappa shape index (κ2) is 18.5. The Bertz CT molecular complexity index is 393. The molecular formula is C17H31NO7S. The van der Waals surface area contributed by atoms with Gasteiger partial charge in [-0.05, 0) is 13.8 Å². The van der Waals surface area contributed by atoms with Gasteiger partial charge in [0.1, 0.15) is 6.61 Å². The third kappa shape index (κ3) is 16.2. The van der Waals surface area contributed by atoms with Crippen LogP contribution in [0.25, 0.3) is 0 Å². The first-order valence-corrected chi connectivity index (χ1v) is 9.83. The topological polar surface area (TPSA) is 92.3 Å². The van der Waals surface area contributed by atoms with E-state index in [1.54, 1.807) is 6.92 Å². The maximum atomic E-state index is 11.4. The summed E-state index contributed by atoms with van der Waals surface area (Å²) in [6, 6.07) is 0. The molecule has 1 N–H and O–H groups in total. The number of amides is 1. The monoisotopic (exact) mass is 393 g/mol. The Balaban J connectivity index is 3.34. The van der Waals surface area contributed by atoms with Crippen molar-refractivity contribution in [3.8, 4) is 0 Å². The van der Waals surface area contributed by atoms with Gasteiger partial charge in [-0.25, -0.2) is 9.59 Å². The molecule has 152 valence electrons. The van der Waals surface area contributed by atoms with Crippen LogP contribution in [0.4, 0.5) is 4.79 Å². The van der Waals surface area contributed by atoms with Gasteiger partial charge in [-0.15, -0.1) is 0 Å². The fourth-order valence-electron chi connectivity index (χ4n) is 1.54. The van der Waals surface area contributed by atoms with Crippen molar-refractivity contribution in [1.29, 1.82) is 0 Å². The molecule has 1 amide bonds. The van der Waals surface area contributed by atoms with Gasteiger partial charge < -0.3 is 29.0 Å². The Morgan fingerprint density at radius 2 is 1.54 bits per heavy atom. The van der Waals surface area contributed by atoms with Crippen LogP contribution < -0.4 is 5.32 Å². The van der Waals surface area contributed by atoms with Crippen LogP contribution in [0, 0.1) is 0 Å². The number of hydrogen-bond acceptors (Lipinski definition) is 8. The minimum atomic E-state index is -0.494. The lowest BCUT2D eigenvalue weighted by molar-refractivity contribution is -0.138. The Hall–Kier alpha value is -1.29. The van der Waals surface area contributed by atoms with Crippen molar-refractivity contribution in [1.82, 2.24) is 5.32 Å². The first-order valence-electron chi connectivity index (χ1n) is 8.68. The van der Waals surface area contributed by atoms with Crippen molar-refractivity contribution < 1.29 is 33.3 Å². The molecule has 0 rings (SSSR count). The van der Waals surface area contributed by atoms with Crippen molar-refractivity contribution in [2.24, 2.45) is 0 Å².